The molecule has 0 atom stereocenters. The zero-order chi connectivity index (χ0) is 12.4. The summed E-state index contributed by atoms with van der Waals surface area (Å²) in [6.45, 7) is 1.99. The third kappa shape index (κ3) is 2.61. The molecule has 0 saturated heterocycles. The molecule has 2 rings (SSSR count). The van der Waals surface area contributed by atoms with Crippen LogP contribution in [0.3, 0.4) is 0 Å². The number of aryl methyl sites for hydroxylation is 2. The van der Waals surface area contributed by atoms with E-state index in [1.165, 1.54) is 0 Å². The number of nitrogens with one attached hydrogen (secondary N) is 1. The number of aliphatic carboxylic acids is 1. The fourth-order valence-corrected chi connectivity index (χ4v) is 2.29. The Bertz CT molecular complexity index is 560. The molecular formula is C13H14ClNO2. The Morgan fingerprint density at radius 1 is 1.47 bits per heavy atom. The Labute approximate surface area is 104 Å². The highest BCUT2D eigenvalue weighted by Crippen LogP contribution is 2.28. The fraction of sp³-hybridized carbons (Fsp3) is 0.308. The van der Waals surface area contributed by atoms with E-state index in [0.717, 1.165) is 27.2 Å². The first-order chi connectivity index (χ1) is 8.08. The summed E-state index contributed by atoms with van der Waals surface area (Å²) in [4.78, 5) is 13.7. The van der Waals surface area contributed by atoms with Crippen molar-refractivity contribution in [1.29, 1.82) is 0 Å². The van der Waals surface area contributed by atoms with Crippen LogP contribution in [0, 0.1) is 6.92 Å². The minimum atomic E-state index is -0.764. The van der Waals surface area contributed by atoms with Crippen LogP contribution >= 0.6 is 11.6 Å². The van der Waals surface area contributed by atoms with E-state index >= 15 is 0 Å². The van der Waals surface area contributed by atoms with E-state index in [4.69, 9.17) is 16.7 Å². The van der Waals surface area contributed by atoms with Crippen LogP contribution in [0.2, 0.25) is 5.02 Å². The maximum absolute atomic E-state index is 10.5. The Kier molecular flexibility index (Phi) is 3.38. The first-order valence-electron chi connectivity index (χ1n) is 5.56. The lowest BCUT2D eigenvalue weighted by molar-refractivity contribution is -0.137. The molecule has 0 bridgehead atoms. The number of halogens is 1. The van der Waals surface area contributed by atoms with Crippen molar-refractivity contribution in [3.63, 3.8) is 0 Å². The molecule has 0 spiro atoms. The summed E-state index contributed by atoms with van der Waals surface area (Å²) in [5, 5.41) is 10.3. The largest absolute Gasteiger partial charge is 0.481 e. The molecule has 4 heteroatoms. The van der Waals surface area contributed by atoms with Crippen LogP contribution in [-0.4, -0.2) is 16.1 Å². The van der Waals surface area contributed by atoms with Gasteiger partial charge in [-0.2, -0.15) is 0 Å². The van der Waals surface area contributed by atoms with Crippen LogP contribution < -0.4 is 0 Å². The molecule has 0 saturated carbocycles. The molecular weight excluding hydrogens is 238 g/mol. The zero-order valence-electron chi connectivity index (χ0n) is 9.59. The molecule has 0 radical (unpaired) electrons. The van der Waals surface area contributed by atoms with Gasteiger partial charge in [0, 0.05) is 23.0 Å². The van der Waals surface area contributed by atoms with E-state index < -0.39 is 5.97 Å². The maximum Gasteiger partial charge on any atom is 0.303 e. The van der Waals surface area contributed by atoms with Crippen LogP contribution in [0.5, 0.6) is 0 Å². The van der Waals surface area contributed by atoms with E-state index in [2.05, 4.69) is 4.98 Å². The van der Waals surface area contributed by atoms with Crippen LogP contribution in [0.15, 0.2) is 18.2 Å². The molecule has 2 aromatic rings. The highest BCUT2D eigenvalue weighted by Gasteiger charge is 2.08. The normalized spacial score (nSPS) is 10.9. The van der Waals surface area contributed by atoms with Gasteiger partial charge in [0.25, 0.3) is 0 Å². The van der Waals surface area contributed by atoms with Crippen molar-refractivity contribution < 1.29 is 9.90 Å². The number of aromatic amines is 1. The number of carbonyl (C=O) groups is 1. The van der Waals surface area contributed by atoms with Crippen LogP contribution in [0.1, 0.15) is 24.1 Å². The Balaban J connectivity index is 2.23. The molecule has 90 valence electrons. The Hall–Kier alpha value is -1.48. The predicted molar refractivity (Wildman–Crippen MR) is 68.6 cm³/mol. The number of rotatable bonds is 4. The van der Waals surface area contributed by atoms with Gasteiger partial charge in [-0.15, -0.1) is 0 Å². The van der Waals surface area contributed by atoms with Crippen LogP contribution in [0.4, 0.5) is 0 Å². The summed E-state index contributed by atoms with van der Waals surface area (Å²) in [6.07, 6.45) is 1.50. The summed E-state index contributed by atoms with van der Waals surface area (Å²) in [5.41, 5.74) is 3.11. The maximum atomic E-state index is 10.5. The first kappa shape index (κ1) is 12.0. The van der Waals surface area contributed by atoms with Crippen molar-refractivity contribution in [3.8, 4) is 0 Å². The lowest BCUT2D eigenvalue weighted by atomic mass is 10.1. The Morgan fingerprint density at radius 2 is 2.24 bits per heavy atom. The minimum absolute atomic E-state index is 0.181. The van der Waals surface area contributed by atoms with E-state index in [1.807, 2.05) is 25.1 Å². The number of carboxylic acids is 1. The predicted octanol–water partition coefficient (Wildman–Crippen LogP) is 3.54. The van der Waals surface area contributed by atoms with Crippen molar-refractivity contribution in [3.05, 3.63) is 34.5 Å². The second kappa shape index (κ2) is 4.80. The third-order valence-electron chi connectivity index (χ3n) is 2.79. The minimum Gasteiger partial charge on any atom is -0.481 e. The fourth-order valence-electron chi connectivity index (χ4n) is 1.98. The van der Waals surface area contributed by atoms with E-state index in [0.29, 0.717) is 12.8 Å². The second-order valence-electron chi connectivity index (χ2n) is 4.20. The molecule has 2 N–H and O–H groups in total. The lowest BCUT2D eigenvalue weighted by Gasteiger charge is -2.04. The quantitative estimate of drug-likeness (QED) is 0.873. The van der Waals surface area contributed by atoms with Gasteiger partial charge >= 0.3 is 5.97 Å². The number of aromatic nitrogens is 1. The van der Waals surface area contributed by atoms with Gasteiger partial charge in [0.15, 0.2) is 0 Å². The molecule has 0 unspecified atom stereocenters. The van der Waals surface area contributed by atoms with Gasteiger partial charge in [0.1, 0.15) is 0 Å². The lowest BCUT2D eigenvalue weighted by Crippen LogP contribution is -1.96. The van der Waals surface area contributed by atoms with Gasteiger partial charge in [-0.3, -0.25) is 4.79 Å². The van der Waals surface area contributed by atoms with E-state index in [1.54, 1.807) is 0 Å². The molecule has 3 nitrogen and oxygen atoms in total. The van der Waals surface area contributed by atoms with Crippen molar-refractivity contribution >= 4 is 28.5 Å². The van der Waals surface area contributed by atoms with Crippen molar-refractivity contribution in [2.75, 3.05) is 0 Å². The number of carboxylic acid groups (broad SMARTS) is 1. The van der Waals surface area contributed by atoms with Crippen molar-refractivity contribution in [2.24, 2.45) is 0 Å². The number of fused-ring (bicyclic) bond motifs is 1. The molecule has 0 fully saturated rings. The number of hydrogen-bond donors (Lipinski definition) is 2. The topological polar surface area (TPSA) is 53.1 Å². The van der Waals surface area contributed by atoms with Crippen molar-refractivity contribution in [1.82, 2.24) is 4.98 Å². The molecule has 0 aliphatic heterocycles. The summed E-state index contributed by atoms with van der Waals surface area (Å²) >= 11 is 6.30. The molecule has 1 aromatic carbocycles. The number of benzene rings is 1. The molecule has 1 heterocycles. The molecule has 1 aromatic heterocycles. The van der Waals surface area contributed by atoms with Gasteiger partial charge in [-0.1, -0.05) is 17.7 Å². The standard InChI is InChI=1S/C13H14ClNO2/c1-8-7-10-11(15-8)6-5-9(13(10)14)3-2-4-12(16)17/h5-7,15H,2-4H2,1H3,(H,16,17). The summed E-state index contributed by atoms with van der Waals surface area (Å²) in [6, 6.07) is 5.96. The smallest absolute Gasteiger partial charge is 0.303 e. The van der Waals surface area contributed by atoms with Gasteiger partial charge < -0.3 is 10.1 Å². The first-order valence-corrected chi connectivity index (χ1v) is 5.94. The average Bonchev–Trinajstić information content (AvgIpc) is 2.63. The van der Waals surface area contributed by atoms with E-state index in [9.17, 15) is 4.79 Å². The summed E-state index contributed by atoms with van der Waals surface area (Å²) in [7, 11) is 0. The van der Waals surface area contributed by atoms with Gasteiger partial charge in [-0.25, -0.2) is 0 Å². The SMILES string of the molecule is Cc1cc2c(Cl)c(CCCC(=O)O)ccc2[nH]1. The Morgan fingerprint density at radius 3 is 2.94 bits per heavy atom. The molecule has 0 aliphatic carbocycles. The van der Waals surface area contributed by atoms with Crippen LogP contribution in [-0.2, 0) is 11.2 Å². The van der Waals surface area contributed by atoms with Crippen LogP contribution in [0.25, 0.3) is 10.9 Å². The highest BCUT2D eigenvalue weighted by atomic mass is 35.5. The van der Waals surface area contributed by atoms with Gasteiger partial charge in [0.05, 0.1) is 5.02 Å². The van der Waals surface area contributed by atoms with Crippen molar-refractivity contribution in [2.45, 2.75) is 26.2 Å². The third-order valence-corrected chi connectivity index (χ3v) is 3.24. The number of hydrogen-bond acceptors (Lipinski definition) is 1. The van der Waals surface area contributed by atoms with Gasteiger partial charge in [0.2, 0.25) is 0 Å². The molecule has 17 heavy (non-hydrogen) atoms. The molecule has 0 amide bonds. The van der Waals surface area contributed by atoms with E-state index in [-0.39, 0.29) is 6.42 Å². The second-order valence-corrected chi connectivity index (χ2v) is 4.58. The molecule has 0 aliphatic rings. The monoisotopic (exact) mass is 251 g/mol. The van der Waals surface area contributed by atoms with Gasteiger partial charge in [-0.05, 0) is 37.5 Å². The summed E-state index contributed by atoms with van der Waals surface area (Å²) < 4.78 is 0. The average molecular weight is 252 g/mol. The number of H-pyrrole nitrogens is 1. The summed E-state index contributed by atoms with van der Waals surface area (Å²) in [5.74, 6) is -0.764. The zero-order valence-corrected chi connectivity index (χ0v) is 10.3. The highest BCUT2D eigenvalue weighted by molar-refractivity contribution is 6.36.